The fraction of sp³-hybridized carbons (Fsp3) is 0.250. The molecule has 0 unspecified atom stereocenters. The lowest BCUT2D eigenvalue weighted by Gasteiger charge is -2.20. The molecule has 0 aliphatic rings. The zero-order chi connectivity index (χ0) is 25.5. The molecule has 182 valence electrons. The van der Waals surface area contributed by atoms with Gasteiger partial charge in [-0.25, -0.2) is 14.6 Å². The minimum Gasteiger partial charge on any atom is -0.465 e. The number of ether oxygens (including phenoxy) is 1. The van der Waals surface area contributed by atoms with Gasteiger partial charge in [0, 0.05) is 23.7 Å². The average Bonchev–Trinajstić information content (AvgIpc) is 3.38. The highest BCUT2D eigenvalue weighted by atomic mass is 35.5. The molecule has 0 spiro atoms. The maximum absolute atomic E-state index is 12.9. The molecule has 2 N–H and O–H groups in total. The Labute approximate surface area is 212 Å². The Bertz CT molecular complexity index is 1440. The number of aromatic amines is 1. The van der Waals surface area contributed by atoms with E-state index in [4.69, 9.17) is 27.9 Å². The number of amides is 2. The Kier molecular flexibility index (Phi) is 6.48. The molecule has 4 rings (SSSR count). The number of esters is 1. The summed E-state index contributed by atoms with van der Waals surface area (Å²) in [5, 5.41) is 11.4. The van der Waals surface area contributed by atoms with Crippen molar-refractivity contribution >= 4 is 52.2 Å². The van der Waals surface area contributed by atoms with Gasteiger partial charge in [-0.2, -0.15) is 4.63 Å². The molecule has 0 saturated carbocycles. The number of fused-ring (bicyclic) bond motifs is 1. The van der Waals surface area contributed by atoms with Crippen LogP contribution in [0.2, 0.25) is 10.0 Å². The topological polar surface area (TPSA) is 105 Å². The highest BCUT2D eigenvalue weighted by molar-refractivity contribution is 6.34. The van der Waals surface area contributed by atoms with Crippen LogP contribution in [0.15, 0.2) is 42.5 Å². The van der Waals surface area contributed by atoms with Crippen LogP contribution in [0.5, 0.6) is 0 Å². The Hall–Kier alpha value is -3.56. The number of carbonyl (C=O) groups is 2. The number of aromatic nitrogens is 4. The summed E-state index contributed by atoms with van der Waals surface area (Å²) in [6.07, 6.45) is 0. The molecule has 0 atom stereocenters. The Balaban J connectivity index is 1.57. The van der Waals surface area contributed by atoms with Gasteiger partial charge in [0.1, 0.15) is 5.02 Å². The first-order chi connectivity index (χ1) is 16.5. The van der Waals surface area contributed by atoms with Crippen molar-refractivity contribution in [1.29, 1.82) is 0 Å². The summed E-state index contributed by atoms with van der Waals surface area (Å²) in [5.41, 5.74) is 3.05. The number of rotatable bonds is 4. The van der Waals surface area contributed by atoms with Gasteiger partial charge in [0.2, 0.25) is 0 Å². The van der Waals surface area contributed by atoms with E-state index < -0.39 is 12.0 Å². The fourth-order valence-corrected chi connectivity index (χ4v) is 4.18. The number of urea groups is 1. The summed E-state index contributed by atoms with van der Waals surface area (Å²) in [4.78, 5) is 30.7. The van der Waals surface area contributed by atoms with Gasteiger partial charge in [-0.15, -0.1) is 5.10 Å². The molecule has 11 heteroatoms. The summed E-state index contributed by atoms with van der Waals surface area (Å²) >= 11 is 12.8. The largest absolute Gasteiger partial charge is 0.465 e. The SMILES string of the molecule is COC(=O)c1ccc(Cl)c(N(C)C(=O)Nc2cccc(-c3nc4c(Cl)c(C(C)(C)C)[nH]n4n3)c2)c1. The van der Waals surface area contributed by atoms with Gasteiger partial charge in [0.15, 0.2) is 11.5 Å². The van der Waals surface area contributed by atoms with Gasteiger partial charge in [0.05, 0.1) is 29.1 Å². The molecule has 4 aromatic rings. The maximum atomic E-state index is 12.9. The van der Waals surface area contributed by atoms with Crippen LogP contribution in [0.4, 0.5) is 16.2 Å². The number of hydrogen-bond acceptors (Lipinski definition) is 5. The van der Waals surface area contributed by atoms with E-state index in [1.165, 1.54) is 30.2 Å². The van der Waals surface area contributed by atoms with E-state index in [1.807, 2.05) is 26.8 Å². The zero-order valence-electron chi connectivity index (χ0n) is 19.8. The van der Waals surface area contributed by atoms with Crippen LogP contribution in [0.25, 0.3) is 17.0 Å². The standard InChI is InChI=1S/C24H24Cl2N6O3/c1-24(2,3)19-18(26)21-28-20(30-32(21)29-19)13-7-6-8-15(11-13)27-23(34)31(4)17-12-14(22(33)35-5)9-10-16(17)25/h6-12,29H,1-5H3,(H,27,34). The van der Waals surface area contributed by atoms with Gasteiger partial charge in [-0.1, -0.05) is 56.1 Å². The molecule has 2 amide bonds. The third kappa shape index (κ3) is 4.82. The lowest BCUT2D eigenvalue weighted by Crippen LogP contribution is -2.31. The van der Waals surface area contributed by atoms with Crippen LogP contribution in [0, 0.1) is 0 Å². The van der Waals surface area contributed by atoms with Crippen molar-refractivity contribution < 1.29 is 14.3 Å². The first-order valence-corrected chi connectivity index (χ1v) is 11.4. The second-order valence-electron chi connectivity index (χ2n) is 8.95. The number of halogens is 2. The number of H-pyrrole nitrogens is 1. The number of methoxy groups -OCH3 is 1. The highest BCUT2D eigenvalue weighted by Crippen LogP contribution is 2.32. The summed E-state index contributed by atoms with van der Waals surface area (Å²) in [6.45, 7) is 6.15. The monoisotopic (exact) mass is 514 g/mol. The van der Waals surface area contributed by atoms with E-state index in [2.05, 4.69) is 20.5 Å². The smallest absolute Gasteiger partial charge is 0.337 e. The van der Waals surface area contributed by atoms with E-state index in [1.54, 1.807) is 29.9 Å². The van der Waals surface area contributed by atoms with Crippen molar-refractivity contribution in [3.05, 3.63) is 63.8 Å². The molecule has 0 saturated heterocycles. The highest BCUT2D eigenvalue weighted by Gasteiger charge is 2.24. The van der Waals surface area contributed by atoms with Crippen LogP contribution < -0.4 is 10.2 Å². The zero-order valence-corrected chi connectivity index (χ0v) is 21.3. The van der Waals surface area contributed by atoms with Crippen molar-refractivity contribution in [1.82, 2.24) is 19.8 Å². The van der Waals surface area contributed by atoms with E-state index >= 15 is 0 Å². The van der Waals surface area contributed by atoms with Gasteiger partial charge >= 0.3 is 12.0 Å². The lowest BCUT2D eigenvalue weighted by atomic mass is 9.92. The van der Waals surface area contributed by atoms with Crippen molar-refractivity contribution in [3.63, 3.8) is 0 Å². The van der Waals surface area contributed by atoms with Crippen LogP contribution in [0.3, 0.4) is 0 Å². The number of anilines is 2. The normalized spacial score (nSPS) is 11.5. The first kappa shape index (κ1) is 24.6. The average molecular weight is 515 g/mol. The van der Waals surface area contributed by atoms with Gasteiger partial charge in [-0.3, -0.25) is 10.00 Å². The second-order valence-corrected chi connectivity index (χ2v) is 9.73. The van der Waals surface area contributed by atoms with E-state index in [-0.39, 0.29) is 11.0 Å². The van der Waals surface area contributed by atoms with E-state index in [0.29, 0.717) is 38.5 Å². The number of hydrogen-bond donors (Lipinski definition) is 2. The second kappa shape index (κ2) is 9.24. The minimum absolute atomic E-state index is 0.185. The Morgan fingerprint density at radius 1 is 1.14 bits per heavy atom. The van der Waals surface area contributed by atoms with Gasteiger partial charge in [-0.05, 0) is 30.3 Å². The van der Waals surface area contributed by atoms with Crippen molar-refractivity contribution in [2.45, 2.75) is 26.2 Å². The summed E-state index contributed by atoms with van der Waals surface area (Å²) in [5.74, 6) is -0.0696. The van der Waals surface area contributed by atoms with E-state index in [0.717, 1.165) is 5.69 Å². The van der Waals surface area contributed by atoms with Gasteiger partial charge in [0.25, 0.3) is 0 Å². The van der Waals surface area contributed by atoms with Crippen LogP contribution in [0.1, 0.15) is 36.8 Å². The molecular formula is C24H24Cl2N6O3. The van der Waals surface area contributed by atoms with Crippen LogP contribution in [-0.2, 0) is 10.2 Å². The van der Waals surface area contributed by atoms with Crippen molar-refractivity contribution in [2.75, 3.05) is 24.4 Å². The van der Waals surface area contributed by atoms with Gasteiger partial charge < -0.3 is 10.1 Å². The molecule has 0 bridgehead atoms. The van der Waals surface area contributed by atoms with Crippen LogP contribution >= 0.6 is 23.2 Å². The molecular weight excluding hydrogens is 491 g/mol. The molecule has 2 aromatic heterocycles. The van der Waals surface area contributed by atoms with E-state index in [9.17, 15) is 9.59 Å². The molecule has 0 aliphatic heterocycles. The fourth-order valence-electron chi connectivity index (χ4n) is 3.49. The Morgan fingerprint density at radius 3 is 2.54 bits per heavy atom. The molecule has 2 aromatic carbocycles. The number of carbonyl (C=O) groups excluding carboxylic acids is 2. The quantitative estimate of drug-likeness (QED) is 0.335. The number of nitrogens with one attached hydrogen (secondary N) is 2. The molecule has 35 heavy (non-hydrogen) atoms. The molecule has 2 heterocycles. The van der Waals surface area contributed by atoms with Crippen molar-refractivity contribution in [2.24, 2.45) is 0 Å². The maximum Gasteiger partial charge on any atom is 0.337 e. The third-order valence-electron chi connectivity index (χ3n) is 5.40. The summed E-state index contributed by atoms with van der Waals surface area (Å²) in [6, 6.07) is 11.2. The van der Waals surface area contributed by atoms with Crippen molar-refractivity contribution in [3.8, 4) is 11.4 Å². The molecule has 0 radical (unpaired) electrons. The predicted molar refractivity (Wildman–Crippen MR) is 137 cm³/mol. The van der Waals surface area contributed by atoms with Crippen LogP contribution in [-0.4, -0.2) is 46.0 Å². The number of benzene rings is 2. The third-order valence-corrected chi connectivity index (χ3v) is 6.07. The first-order valence-electron chi connectivity index (χ1n) is 10.7. The molecule has 9 nitrogen and oxygen atoms in total. The number of nitrogens with zero attached hydrogens (tertiary/aromatic N) is 4. The minimum atomic E-state index is -0.525. The molecule has 0 fully saturated rings. The Morgan fingerprint density at radius 2 is 1.89 bits per heavy atom. The lowest BCUT2D eigenvalue weighted by molar-refractivity contribution is 0.0600. The summed E-state index contributed by atoms with van der Waals surface area (Å²) in [7, 11) is 2.84. The molecule has 0 aliphatic carbocycles. The predicted octanol–water partition coefficient (Wildman–Crippen LogP) is 5.78. The summed E-state index contributed by atoms with van der Waals surface area (Å²) < 4.78 is 6.29.